The fourth-order valence-corrected chi connectivity index (χ4v) is 2.37. The highest BCUT2D eigenvalue weighted by molar-refractivity contribution is 7.15. The van der Waals surface area contributed by atoms with Gasteiger partial charge in [0.05, 0.1) is 4.92 Å². The van der Waals surface area contributed by atoms with Crippen molar-refractivity contribution >= 4 is 34.9 Å². The molecule has 0 N–H and O–H groups in total. The van der Waals surface area contributed by atoms with E-state index in [1.165, 1.54) is 6.07 Å². The van der Waals surface area contributed by atoms with Crippen LogP contribution in [0.3, 0.4) is 0 Å². The standard InChI is InChI=1S/C11H7ClN2O4S/c1-6-3-2-4-7(9(6)14(16)17)18-11-13-10(12)8(5-15)19-11/h2-5H,1H3. The number of nitro benzene ring substituents is 1. The Morgan fingerprint density at radius 3 is 2.84 bits per heavy atom. The van der Waals surface area contributed by atoms with Gasteiger partial charge in [0.15, 0.2) is 11.4 Å². The molecule has 2 rings (SSSR count). The van der Waals surface area contributed by atoms with E-state index in [4.69, 9.17) is 16.3 Å². The molecule has 0 aliphatic heterocycles. The average molecular weight is 299 g/mol. The van der Waals surface area contributed by atoms with Gasteiger partial charge in [-0.2, -0.15) is 4.98 Å². The summed E-state index contributed by atoms with van der Waals surface area (Å²) in [5, 5.41) is 11.1. The maximum absolute atomic E-state index is 11.0. The zero-order valence-corrected chi connectivity index (χ0v) is 11.2. The summed E-state index contributed by atoms with van der Waals surface area (Å²) in [6.45, 7) is 1.61. The molecule has 0 aliphatic rings. The molecule has 0 saturated carbocycles. The SMILES string of the molecule is Cc1cccc(Oc2nc(Cl)c(C=O)s2)c1[N+](=O)[O-]. The number of ether oxygens (including phenoxy) is 1. The number of aryl methyl sites for hydroxylation is 1. The largest absolute Gasteiger partial charge is 0.423 e. The number of nitro groups is 1. The van der Waals surface area contributed by atoms with Crippen LogP contribution in [0.25, 0.3) is 0 Å². The fraction of sp³-hybridized carbons (Fsp3) is 0.0909. The predicted molar refractivity (Wildman–Crippen MR) is 70.4 cm³/mol. The molecule has 19 heavy (non-hydrogen) atoms. The number of nitrogens with zero attached hydrogens (tertiary/aromatic N) is 2. The van der Waals surface area contributed by atoms with Crippen molar-refractivity contribution in [2.75, 3.05) is 0 Å². The first kappa shape index (κ1) is 13.4. The minimum Gasteiger partial charge on any atom is -0.423 e. The Hall–Kier alpha value is -1.99. The molecular formula is C11H7ClN2O4S. The summed E-state index contributed by atoms with van der Waals surface area (Å²) in [5.74, 6) is 0.0628. The lowest BCUT2D eigenvalue weighted by Crippen LogP contribution is -1.95. The molecule has 0 fully saturated rings. The highest BCUT2D eigenvalue weighted by Gasteiger charge is 2.20. The number of rotatable bonds is 4. The van der Waals surface area contributed by atoms with Gasteiger partial charge >= 0.3 is 5.69 Å². The molecule has 6 nitrogen and oxygen atoms in total. The van der Waals surface area contributed by atoms with Crippen LogP contribution < -0.4 is 4.74 Å². The van der Waals surface area contributed by atoms with Crippen molar-refractivity contribution in [2.24, 2.45) is 0 Å². The van der Waals surface area contributed by atoms with Crippen LogP contribution in [-0.2, 0) is 0 Å². The van der Waals surface area contributed by atoms with Crippen LogP contribution in [0.1, 0.15) is 15.2 Å². The molecule has 0 atom stereocenters. The maximum atomic E-state index is 11.0. The van der Waals surface area contributed by atoms with E-state index >= 15 is 0 Å². The topological polar surface area (TPSA) is 82.3 Å². The molecule has 1 heterocycles. The zero-order chi connectivity index (χ0) is 14.0. The number of benzene rings is 1. The molecule has 0 bridgehead atoms. The molecule has 0 saturated heterocycles. The smallest absolute Gasteiger partial charge is 0.314 e. The van der Waals surface area contributed by atoms with Crippen molar-refractivity contribution in [3.05, 3.63) is 43.9 Å². The molecule has 1 aromatic heterocycles. The van der Waals surface area contributed by atoms with Crippen LogP contribution in [0.15, 0.2) is 18.2 Å². The number of hydrogen-bond donors (Lipinski definition) is 0. The lowest BCUT2D eigenvalue weighted by molar-refractivity contribution is -0.386. The third kappa shape index (κ3) is 2.72. The summed E-state index contributed by atoms with van der Waals surface area (Å²) < 4.78 is 5.34. The van der Waals surface area contributed by atoms with Crippen molar-refractivity contribution in [2.45, 2.75) is 6.92 Å². The van der Waals surface area contributed by atoms with E-state index in [-0.39, 0.29) is 26.7 Å². The first-order valence-corrected chi connectivity index (χ1v) is 6.25. The summed E-state index contributed by atoms with van der Waals surface area (Å²) in [7, 11) is 0. The number of carbonyl (C=O) groups is 1. The number of thiazole rings is 1. The Bertz CT molecular complexity index is 656. The predicted octanol–water partition coefficient (Wildman–Crippen LogP) is 3.62. The number of para-hydroxylation sites is 1. The first-order valence-electron chi connectivity index (χ1n) is 5.06. The van der Waals surface area contributed by atoms with Crippen LogP contribution in [-0.4, -0.2) is 16.2 Å². The maximum Gasteiger partial charge on any atom is 0.314 e. The molecule has 2 aromatic rings. The van der Waals surface area contributed by atoms with Gasteiger partial charge in [0, 0.05) is 5.56 Å². The summed E-state index contributed by atoms with van der Waals surface area (Å²) in [4.78, 5) is 25.1. The van der Waals surface area contributed by atoms with Gasteiger partial charge in [-0.1, -0.05) is 35.1 Å². The molecule has 0 aliphatic carbocycles. The van der Waals surface area contributed by atoms with E-state index in [0.29, 0.717) is 11.8 Å². The van der Waals surface area contributed by atoms with Gasteiger partial charge in [0.1, 0.15) is 4.88 Å². The second-order valence-electron chi connectivity index (χ2n) is 3.53. The molecule has 0 unspecified atom stereocenters. The lowest BCUT2D eigenvalue weighted by atomic mass is 10.2. The van der Waals surface area contributed by atoms with Gasteiger partial charge in [-0.05, 0) is 13.0 Å². The minimum atomic E-state index is -0.527. The second kappa shape index (κ2) is 5.33. The summed E-state index contributed by atoms with van der Waals surface area (Å²) in [6.07, 6.45) is 0.553. The number of hydrogen-bond acceptors (Lipinski definition) is 6. The molecule has 0 radical (unpaired) electrons. The van der Waals surface area contributed by atoms with Gasteiger partial charge in [-0.15, -0.1) is 0 Å². The molecule has 1 aromatic carbocycles. The number of aldehydes is 1. The van der Waals surface area contributed by atoms with Crippen LogP contribution in [0.4, 0.5) is 5.69 Å². The average Bonchev–Trinajstić information content (AvgIpc) is 2.69. The highest BCUT2D eigenvalue weighted by Crippen LogP contribution is 2.36. The Kier molecular flexibility index (Phi) is 3.77. The van der Waals surface area contributed by atoms with Crippen molar-refractivity contribution in [1.82, 2.24) is 4.98 Å². The summed E-state index contributed by atoms with van der Waals surface area (Å²) in [5.41, 5.74) is 0.335. The van der Waals surface area contributed by atoms with Gasteiger partial charge in [0.25, 0.3) is 5.19 Å². The quantitative estimate of drug-likeness (QED) is 0.489. The van der Waals surface area contributed by atoms with Crippen molar-refractivity contribution in [1.29, 1.82) is 0 Å². The van der Waals surface area contributed by atoms with Gasteiger partial charge in [0.2, 0.25) is 5.75 Å². The summed E-state index contributed by atoms with van der Waals surface area (Å²) in [6, 6.07) is 4.70. The van der Waals surface area contributed by atoms with E-state index in [2.05, 4.69) is 4.98 Å². The second-order valence-corrected chi connectivity index (χ2v) is 4.88. The third-order valence-corrected chi connectivity index (χ3v) is 3.54. The van der Waals surface area contributed by atoms with E-state index in [1.807, 2.05) is 0 Å². The van der Waals surface area contributed by atoms with Crippen LogP contribution in [0, 0.1) is 17.0 Å². The van der Waals surface area contributed by atoms with Crippen molar-refractivity contribution < 1.29 is 14.5 Å². The zero-order valence-electron chi connectivity index (χ0n) is 9.62. The fourth-order valence-electron chi connectivity index (χ4n) is 1.45. The van der Waals surface area contributed by atoms with Crippen LogP contribution >= 0.6 is 22.9 Å². The van der Waals surface area contributed by atoms with Gasteiger partial charge in [-0.25, -0.2) is 0 Å². The van der Waals surface area contributed by atoms with E-state index in [0.717, 1.165) is 11.3 Å². The molecule has 98 valence electrons. The molecule has 0 spiro atoms. The monoisotopic (exact) mass is 298 g/mol. The Morgan fingerprint density at radius 2 is 2.26 bits per heavy atom. The van der Waals surface area contributed by atoms with Gasteiger partial charge in [-0.3, -0.25) is 14.9 Å². The number of carbonyl (C=O) groups excluding carboxylic acids is 1. The molecule has 8 heteroatoms. The normalized spacial score (nSPS) is 10.2. The highest BCUT2D eigenvalue weighted by atomic mass is 35.5. The summed E-state index contributed by atoms with van der Waals surface area (Å²) >= 11 is 6.62. The van der Waals surface area contributed by atoms with E-state index < -0.39 is 4.92 Å². The van der Waals surface area contributed by atoms with Gasteiger partial charge < -0.3 is 4.74 Å². The first-order chi connectivity index (χ1) is 9.02. The van der Waals surface area contributed by atoms with Crippen LogP contribution in [0.5, 0.6) is 10.9 Å². The number of aromatic nitrogens is 1. The van der Waals surface area contributed by atoms with Crippen molar-refractivity contribution in [3.63, 3.8) is 0 Å². The van der Waals surface area contributed by atoms with E-state index in [9.17, 15) is 14.9 Å². The van der Waals surface area contributed by atoms with E-state index in [1.54, 1.807) is 19.1 Å². The third-order valence-electron chi connectivity index (χ3n) is 2.28. The molecule has 0 amide bonds. The molecular weight excluding hydrogens is 292 g/mol. The minimum absolute atomic E-state index is 0.0188. The number of halogens is 1. The van der Waals surface area contributed by atoms with Crippen LogP contribution in [0.2, 0.25) is 5.15 Å². The Labute approximate surface area is 116 Å². The van der Waals surface area contributed by atoms with Crippen molar-refractivity contribution in [3.8, 4) is 10.9 Å². The Balaban J connectivity index is 2.40. The lowest BCUT2D eigenvalue weighted by Gasteiger charge is -2.04. The Morgan fingerprint density at radius 1 is 1.53 bits per heavy atom.